The van der Waals surface area contributed by atoms with Crippen LogP contribution in [0.15, 0.2) is 65.1 Å². The fourth-order valence-corrected chi connectivity index (χ4v) is 2.84. The highest BCUT2D eigenvalue weighted by Crippen LogP contribution is 2.29. The van der Waals surface area contributed by atoms with Crippen molar-refractivity contribution in [3.63, 3.8) is 0 Å². The molecule has 0 bridgehead atoms. The second-order valence-corrected chi connectivity index (χ2v) is 5.85. The molecular weight excluding hydrogens is 332 g/mol. The van der Waals surface area contributed by atoms with Gasteiger partial charge in [-0.3, -0.25) is 14.4 Å². The van der Waals surface area contributed by atoms with E-state index in [1.54, 1.807) is 42.5 Å². The lowest BCUT2D eigenvalue weighted by Crippen LogP contribution is -2.18. The Bertz CT molecular complexity index is 1030. The Morgan fingerprint density at radius 3 is 2.23 bits per heavy atom. The third-order valence-electron chi connectivity index (χ3n) is 4.16. The Balaban J connectivity index is 1.66. The van der Waals surface area contributed by atoms with Crippen LogP contribution in [-0.2, 0) is 0 Å². The highest BCUT2D eigenvalue weighted by molar-refractivity contribution is 6.28. The first kappa shape index (κ1) is 15.8. The van der Waals surface area contributed by atoms with E-state index in [4.69, 9.17) is 4.42 Å². The number of hydrogen-bond acceptors (Lipinski definition) is 5. The molecule has 26 heavy (non-hydrogen) atoms. The molecule has 1 aliphatic rings. The zero-order valence-corrected chi connectivity index (χ0v) is 13.4. The van der Waals surface area contributed by atoms with Gasteiger partial charge in [-0.25, -0.2) is 0 Å². The van der Waals surface area contributed by atoms with Crippen molar-refractivity contribution in [2.45, 2.75) is 0 Å². The number of benzene rings is 2. The Kier molecular flexibility index (Phi) is 3.62. The average molecular weight is 344 g/mol. The van der Waals surface area contributed by atoms with Crippen molar-refractivity contribution in [1.82, 2.24) is 0 Å². The number of fused-ring (bicyclic) bond motifs is 2. The number of furan rings is 1. The number of allylic oxidation sites excluding steroid dienone is 1. The molecule has 0 atom stereocenters. The standard InChI is InChI=1S/C21H12O5/c22-13-8-5-12(6-9-13)7-10-17(23)18-11-16-19(24)14-3-1-2-4-15(14)20(25)21(16)26-18/h1-11,22H/b10-7+. The number of aromatic hydroxyl groups is 1. The number of ketones is 3. The fourth-order valence-electron chi connectivity index (χ4n) is 2.84. The Morgan fingerprint density at radius 1 is 0.885 bits per heavy atom. The van der Waals surface area contributed by atoms with Gasteiger partial charge in [-0.05, 0) is 29.8 Å². The van der Waals surface area contributed by atoms with Crippen molar-refractivity contribution >= 4 is 23.4 Å². The van der Waals surface area contributed by atoms with Crippen molar-refractivity contribution < 1.29 is 23.9 Å². The Hall–Kier alpha value is -3.73. The van der Waals surface area contributed by atoms with Crippen LogP contribution in [0.4, 0.5) is 0 Å². The molecule has 5 nitrogen and oxygen atoms in total. The highest BCUT2D eigenvalue weighted by Gasteiger charge is 2.34. The van der Waals surface area contributed by atoms with Crippen molar-refractivity contribution in [3.05, 3.63) is 94.4 Å². The molecule has 5 heteroatoms. The minimum Gasteiger partial charge on any atom is -0.508 e. The molecule has 2 aromatic carbocycles. The summed E-state index contributed by atoms with van der Waals surface area (Å²) in [5, 5.41) is 9.26. The van der Waals surface area contributed by atoms with Gasteiger partial charge in [0.05, 0.1) is 5.56 Å². The van der Waals surface area contributed by atoms with Gasteiger partial charge in [0.15, 0.2) is 17.3 Å². The summed E-state index contributed by atoms with van der Waals surface area (Å²) in [7, 11) is 0. The van der Waals surface area contributed by atoms with E-state index >= 15 is 0 Å². The summed E-state index contributed by atoms with van der Waals surface area (Å²) >= 11 is 0. The van der Waals surface area contributed by atoms with Gasteiger partial charge >= 0.3 is 0 Å². The largest absolute Gasteiger partial charge is 0.508 e. The summed E-state index contributed by atoms with van der Waals surface area (Å²) < 4.78 is 5.40. The maximum atomic E-state index is 12.5. The second-order valence-electron chi connectivity index (χ2n) is 5.85. The van der Waals surface area contributed by atoms with Crippen molar-refractivity contribution in [2.75, 3.05) is 0 Å². The maximum absolute atomic E-state index is 12.5. The van der Waals surface area contributed by atoms with E-state index in [2.05, 4.69) is 0 Å². The normalized spacial score (nSPS) is 12.9. The lowest BCUT2D eigenvalue weighted by Gasteiger charge is -2.11. The molecule has 1 aromatic heterocycles. The molecule has 0 spiro atoms. The van der Waals surface area contributed by atoms with Crippen LogP contribution in [0, 0.1) is 0 Å². The van der Waals surface area contributed by atoms with Gasteiger partial charge < -0.3 is 9.52 Å². The zero-order valence-electron chi connectivity index (χ0n) is 13.4. The molecule has 4 rings (SSSR count). The molecule has 1 aliphatic carbocycles. The van der Waals surface area contributed by atoms with Gasteiger partial charge in [0.25, 0.3) is 0 Å². The highest BCUT2D eigenvalue weighted by atomic mass is 16.4. The minimum absolute atomic E-state index is 0.0699. The number of hydrogen-bond donors (Lipinski definition) is 1. The monoisotopic (exact) mass is 344 g/mol. The Labute approximate surface area is 148 Å². The van der Waals surface area contributed by atoms with E-state index in [0.717, 1.165) is 0 Å². The van der Waals surface area contributed by atoms with Crippen LogP contribution in [0.3, 0.4) is 0 Å². The van der Waals surface area contributed by atoms with Crippen molar-refractivity contribution in [3.8, 4) is 5.75 Å². The molecule has 3 aromatic rings. The van der Waals surface area contributed by atoms with E-state index in [0.29, 0.717) is 11.1 Å². The lowest BCUT2D eigenvalue weighted by molar-refractivity contribution is 0.0952. The second kappa shape index (κ2) is 5.97. The van der Waals surface area contributed by atoms with Crippen molar-refractivity contribution in [2.24, 2.45) is 0 Å². The van der Waals surface area contributed by atoms with Crippen LogP contribution >= 0.6 is 0 Å². The first-order valence-electron chi connectivity index (χ1n) is 7.88. The van der Waals surface area contributed by atoms with Crippen molar-refractivity contribution in [1.29, 1.82) is 0 Å². The fraction of sp³-hybridized carbons (Fsp3) is 0. The summed E-state index contributed by atoms with van der Waals surface area (Å²) in [6.07, 6.45) is 2.85. The summed E-state index contributed by atoms with van der Waals surface area (Å²) in [4.78, 5) is 37.4. The average Bonchev–Trinajstić information content (AvgIpc) is 3.11. The predicted molar refractivity (Wildman–Crippen MR) is 93.5 cm³/mol. The Morgan fingerprint density at radius 2 is 1.54 bits per heavy atom. The van der Waals surface area contributed by atoms with E-state index in [1.807, 2.05) is 0 Å². The molecule has 1 N–H and O–H groups in total. The van der Waals surface area contributed by atoms with Gasteiger partial charge in [-0.2, -0.15) is 0 Å². The molecule has 0 fully saturated rings. The maximum Gasteiger partial charge on any atom is 0.229 e. The van der Waals surface area contributed by atoms with Gasteiger partial charge in [0, 0.05) is 11.1 Å². The van der Waals surface area contributed by atoms with E-state index in [1.165, 1.54) is 24.3 Å². The summed E-state index contributed by atoms with van der Waals surface area (Å²) in [5.41, 5.74) is 1.41. The molecule has 126 valence electrons. The van der Waals surface area contributed by atoms with E-state index in [-0.39, 0.29) is 34.2 Å². The van der Waals surface area contributed by atoms with Gasteiger partial charge in [0.1, 0.15) is 5.75 Å². The first-order chi connectivity index (χ1) is 12.5. The number of carbonyl (C=O) groups excluding carboxylic acids is 3. The topological polar surface area (TPSA) is 84.6 Å². The number of phenols is 1. The molecule has 0 amide bonds. The summed E-state index contributed by atoms with van der Waals surface area (Å²) in [6, 6.07) is 14.1. The van der Waals surface area contributed by atoms with E-state index < -0.39 is 11.6 Å². The quantitative estimate of drug-likeness (QED) is 0.453. The first-order valence-corrected chi connectivity index (χ1v) is 7.88. The number of phenolic OH excluding ortho intramolecular Hbond substituents is 1. The summed E-state index contributed by atoms with van der Waals surface area (Å²) in [5.74, 6) is -1.24. The predicted octanol–water partition coefficient (Wildman–Crippen LogP) is 3.66. The molecule has 0 unspecified atom stereocenters. The van der Waals surface area contributed by atoms with Crippen LogP contribution in [0.2, 0.25) is 0 Å². The van der Waals surface area contributed by atoms with Gasteiger partial charge in [-0.15, -0.1) is 0 Å². The van der Waals surface area contributed by atoms with Gasteiger partial charge in [-0.1, -0.05) is 42.5 Å². The third-order valence-corrected chi connectivity index (χ3v) is 4.16. The van der Waals surface area contributed by atoms with E-state index in [9.17, 15) is 19.5 Å². The number of rotatable bonds is 3. The molecule has 0 saturated heterocycles. The van der Waals surface area contributed by atoms with Crippen LogP contribution in [0.5, 0.6) is 5.75 Å². The van der Waals surface area contributed by atoms with Crippen LogP contribution < -0.4 is 0 Å². The number of carbonyl (C=O) groups is 3. The zero-order chi connectivity index (χ0) is 18.3. The SMILES string of the molecule is O=C(/C=C/c1ccc(O)cc1)c1cc2c(o1)C(=O)c1ccccc1C2=O. The van der Waals surface area contributed by atoms with Crippen LogP contribution in [0.25, 0.3) is 6.08 Å². The molecule has 0 aliphatic heterocycles. The molecule has 0 radical (unpaired) electrons. The van der Waals surface area contributed by atoms with Gasteiger partial charge in [0.2, 0.25) is 11.6 Å². The smallest absolute Gasteiger partial charge is 0.229 e. The molecule has 0 saturated carbocycles. The van der Waals surface area contributed by atoms with Crippen LogP contribution in [0.1, 0.15) is 48.2 Å². The molecule has 1 heterocycles. The summed E-state index contributed by atoms with van der Waals surface area (Å²) in [6.45, 7) is 0. The minimum atomic E-state index is -0.461. The molecular formula is C21H12O5. The third kappa shape index (κ3) is 2.56. The lowest BCUT2D eigenvalue weighted by atomic mass is 9.88. The van der Waals surface area contributed by atoms with Crippen LogP contribution in [-0.4, -0.2) is 22.5 Å².